The Morgan fingerprint density at radius 3 is 2.41 bits per heavy atom. The number of aromatic nitrogens is 3. The fourth-order valence-electron chi connectivity index (χ4n) is 2.69. The summed E-state index contributed by atoms with van der Waals surface area (Å²) >= 11 is 0. The largest absolute Gasteiger partial charge is 0.368 e. The number of likely N-dealkylation sites (tertiary alicyclic amines) is 1. The smallest absolute Gasteiger partial charge is 0.221 e. The lowest BCUT2D eigenvalue weighted by Crippen LogP contribution is -2.39. The van der Waals surface area contributed by atoms with E-state index in [0.29, 0.717) is 11.9 Å². The van der Waals surface area contributed by atoms with Gasteiger partial charge in [0.15, 0.2) is 0 Å². The van der Waals surface area contributed by atoms with E-state index in [1.165, 1.54) is 0 Å². The normalized spacial score (nSPS) is 16.6. The molecule has 1 aromatic heterocycles. The zero-order valence-electron chi connectivity index (χ0n) is 13.4. The van der Waals surface area contributed by atoms with Gasteiger partial charge < -0.3 is 15.2 Å². The third-order valence-electron chi connectivity index (χ3n) is 4.10. The van der Waals surface area contributed by atoms with Crippen LogP contribution in [0.3, 0.4) is 0 Å². The van der Waals surface area contributed by atoms with Gasteiger partial charge in [-0.15, -0.1) is 10.2 Å². The molecule has 0 saturated carbocycles. The Balaban J connectivity index is 2.09. The Hall–Kier alpha value is -2.37. The molecule has 0 radical (unpaired) electrons. The van der Waals surface area contributed by atoms with Gasteiger partial charge in [0.05, 0.1) is 0 Å². The first-order valence-corrected chi connectivity index (χ1v) is 7.39. The second-order valence-electron chi connectivity index (χ2n) is 5.63. The van der Waals surface area contributed by atoms with Crippen LogP contribution in [0.5, 0.6) is 0 Å². The third-order valence-corrected chi connectivity index (χ3v) is 4.10. The van der Waals surface area contributed by atoms with Crippen molar-refractivity contribution in [1.82, 2.24) is 19.7 Å². The van der Waals surface area contributed by atoms with Crippen LogP contribution in [-0.4, -0.2) is 38.6 Å². The highest BCUT2D eigenvalue weighted by molar-refractivity contribution is 6.01. The molecule has 0 amide bonds. The fraction of sp³-hybridized carbons (Fsp3) is 0.438. The summed E-state index contributed by atoms with van der Waals surface area (Å²) in [5.41, 5.74) is 7.55. The van der Waals surface area contributed by atoms with Crippen molar-refractivity contribution < 1.29 is 0 Å². The van der Waals surface area contributed by atoms with E-state index in [-0.39, 0.29) is 0 Å². The summed E-state index contributed by atoms with van der Waals surface area (Å²) < 4.78 is 1.87. The third kappa shape index (κ3) is 3.10. The van der Waals surface area contributed by atoms with Crippen molar-refractivity contribution in [2.24, 2.45) is 12.0 Å². The highest BCUT2D eigenvalue weighted by Gasteiger charge is 2.27. The van der Waals surface area contributed by atoms with Crippen molar-refractivity contribution in [2.45, 2.75) is 25.7 Å². The summed E-state index contributed by atoms with van der Waals surface area (Å²) in [5.74, 6) is 2.65. The standard InChI is InChI=1S/C16H24N6/c1-6-18-14(12(4)11(2)3)22-9-7-13(8-10-22)15-19-20-16(17)21(15)5/h6,13H,1-2,4,7-10H2,3,5H3,(H2,17,20). The van der Waals surface area contributed by atoms with Crippen molar-refractivity contribution >= 4 is 11.8 Å². The Morgan fingerprint density at radius 1 is 1.32 bits per heavy atom. The van der Waals surface area contributed by atoms with Crippen molar-refractivity contribution in [2.75, 3.05) is 18.8 Å². The van der Waals surface area contributed by atoms with Crippen LogP contribution in [0.1, 0.15) is 31.5 Å². The molecular weight excluding hydrogens is 276 g/mol. The van der Waals surface area contributed by atoms with Crippen LogP contribution < -0.4 is 5.73 Å². The summed E-state index contributed by atoms with van der Waals surface area (Å²) in [6.45, 7) is 15.4. The van der Waals surface area contributed by atoms with Crippen molar-refractivity contribution in [1.29, 1.82) is 0 Å². The molecule has 1 saturated heterocycles. The molecule has 1 fully saturated rings. The van der Waals surface area contributed by atoms with Crippen molar-refractivity contribution in [3.8, 4) is 0 Å². The van der Waals surface area contributed by atoms with Crippen LogP contribution >= 0.6 is 0 Å². The first kappa shape index (κ1) is 16.0. The first-order chi connectivity index (χ1) is 10.5. The number of rotatable bonds is 4. The quantitative estimate of drug-likeness (QED) is 0.526. The van der Waals surface area contributed by atoms with E-state index in [9.17, 15) is 0 Å². The van der Waals surface area contributed by atoms with Gasteiger partial charge >= 0.3 is 0 Å². The molecule has 22 heavy (non-hydrogen) atoms. The molecule has 118 valence electrons. The van der Waals surface area contributed by atoms with Gasteiger partial charge in [-0.25, -0.2) is 4.99 Å². The molecule has 0 aromatic carbocycles. The predicted molar refractivity (Wildman–Crippen MR) is 90.5 cm³/mol. The maximum Gasteiger partial charge on any atom is 0.221 e. The van der Waals surface area contributed by atoms with Gasteiger partial charge in [0, 0.05) is 37.8 Å². The number of amidine groups is 1. The van der Waals surface area contributed by atoms with Gasteiger partial charge in [-0.05, 0) is 25.3 Å². The first-order valence-electron chi connectivity index (χ1n) is 7.39. The number of hydrogen-bond donors (Lipinski definition) is 1. The summed E-state index contributed by atoms with van der Waals surface area (Å²) in [6, 6.07) is 0. The minimum atomic E-state index is 0.370. The van der Waals surface area contributed by atoms with E-state index in [1.54, 1.807) is 6.20 Å². The average molecular weight is 300 g/mol. The zero-order chi connectivity index (χ0) is 16.3. The lowest BCUT2D eigenvalue weighted by atomic mass is 9.95. The molecule has 6 nitrogen and oxygen atoms in total. The van der Waals surface area contributed by atoms with Gasteiger partial charge in [0.25, 0.3) is 0 Å². The number of nitrogens with two attached hydrogens (primary N) is 1. The summed E-state index contributed by atoms with van der Waals surface area (Å²) in [7, 11) is 1.91. The number of anilines is 1. The number of hydrogen-bond acceptors (Lipinski definition) is 4. The van der Waals surface area contributed by atoms with E-state index in [0.717, 1.165) is 48.7 Å². The molecule has 0 unspecified atom stereocenters. The van der Waals surface area contributed by atoms with Crippen LogP contribution in [-0.2, 0) is 7.05 Å². The minimum Gasteiger partial charge on any atom is -0.368 e. The monoisotopic (exact) mass is 300 g/mol. The maximum atomic E-state index is 5.76. The van der Waals surface area contributed by atoms with Gasteiger partial charge in [0.1, 0.15) is 11.7 Å². The number of piperidine rings is 1. The SMILES string of the molecule is C=CN=C(C(=C)C(=C)C)N1CCC(c2nnc(N)n2C)CC1. The van der Waals surface area contributed by atoms with Crippen LogP contribution in [0.25, 0.3) is 0 Å². The zero-order valence-corrected chi connectivity index (χ0v) is 13.4. The minimum absolute atomic E-state index is 0.370. The molecule has 2 rings (SSSR count). The predicted octanol–water partition coefficient (Wildman–Crippen LogP) is 2.25. The molecular formula is C16H24N6. The molecule has 0 spiro atoms. The van der Waals surface area contributed by atoms with Crippen molar-refractivity contribution in [3.63, 3.8) is 0 Å². The second-order valence-corrected chi connectivity index (χ2v) is 5.63. The number of nitrogens with zero attached hydrogens (tertiary/aromatic N) is 5. The van der Waals surface area contributed by atoms with E-state index < -0.39 is 0 Å². The number of nitrogen functional groups attached to an aromatic ring is 1. The molecule has 2 heterocycles. The van der Waals surface area contributed by atoms with Gasteiger partial charge in [-0.1, -0.05) is 19.7 Å². The number of aliphatic imine (C=N–C) groups is 1. The molecule has 1 aliphatic heterocycles. The van der Waals surface area contributed by atoms with E-state index in [2.05, 4.69) is 39.8 Å². The molecule has 0 atom stereocenters. The Bertz CT molecular complexity index is 617. The molecule has 0 bridgehead atoms. The molecule has 6 heteroatoms. The second kappa shape index (κ2) is 6.60. The van der Waals surface area contributed by atoms with Gasteiger partial charge in [-0.2, -0.15) is 0 Å². The van der Waals surface area contributed by atoms with E-state index in [4.69, 9.17) is 5.73 Å². The summed E-state index contributed by atoms with van der Waals surface area (Å²) in [4.78, 5) is 6.61. The lowest BCUT2D eigenvalue weighted by molar-refractivity contribution is 0.304. The molecule has 1 aliphatic rings. The van der Waals surface area contributed by atoms with Crippen LogP contribution in [0.15, 0.2) is 42.1 Å². The Morgan fingerprint density at radius 2 is 1.95 bits per heavy atom. The van der Waals surface area contributed by atoms with Crippen LogP contribution in [0.2, 0.25) is 0 Å². The van der Waals surface area contributed by atoms with E-state index >= 15 is 0 Å². The van der Waals surface area contributed by atoms with Crippen molar-refractivity contribution in [3.05, 3.63) is 42.9 Å². The van der Waals surface area contributed by atoms with E-state index in [1.807, 2.05) is 18.5 Å². The average Bonchev–Trinajstić information content (AvgIpc) is 2.84. The molecule has 2 N–H and O–H groups in total. The summed E-state index contributed by atoms with van der Waals surface area (Å²) in [5, 5.41) is 8.14. The van der Waals surface area contributed by atoms with Crippen LogP contribution in [0.4, 0.5) is 5.95 Å². The Kier molecular flexibility index (Phi) is 4.80. The van der Waals surface area contributed by atoms with Gasteiger partial charge in [0.2, 0.25) is 5.95 Å². The fourth-order valence-corrected chi connectivity index (χ4v) is 2.69. The maximum absolute atomic E-state index is 5.76. The van der Waals surface area contributed by atoms with Gasteiger partial charge in [-0.3, -0.25) is 0 Å². The topological polar surface area (TPSA) is 72.3 Å². The highest BCUT2D eigenvalue weighted by Crippen LogP contribution is 2.28. The van der Waals surface area contributed by atoms with Crippen LogP contribution in [0, 0.1) is 0 Å². The Labute approximate surface area is 131 Å². The molecule has 1 aromatic rings. The summed E-state index contributed by atoms with van der Waals surface area (Å²) in [6.07, 6.45) is 3.51. The lowest BCUT2D eigenvalue weighted by Gasteiger charge is -2.34. The highest BCUT2D eigenvalue weighted by atomic mass is 15.3. The molecule has 0 aliphatic carbocycles.